The van der Waals surface area contributed by atoms with E-state index in [1.165, 1.54) is 0 Å². The second-order valence-corrected chi connectivity index (χ2v) is 4.48. The first kappa shape index (κ1) is 8.26. The molecule has 1 aliphatic heterocycles. The highest BCUT2D eigenvalue weighted by Gasteiger charge is 2.29. The van der Waals surface area contributed by atoms with Crippen molar-refractivity contribution in [3.05, 3.63) is 5.51 Å². The van der Waals surface area contributed by atoms with Gasteiger partial charge in [-0.25, -0.2) is 0 Å². The summed E-state index contributed by atoms with van der Waals surface area (Å²) in [5.74, 6) is 0. The average molecular weight is 204 g/mol. The van der Waals surface area contributed by atoms with Crippen molar-refractivity contribution < 1.29 is 0 Å². The molecule has 1 fully saturated rings. The Kier molecular flexibility index (Phi) is 2.19. The Morgan fingerprint density at radius 1 is 1.75 bits per heavy atom. The predicted octanol–water partition coefficient (Wildman–Crippen LogP) is 1.74. The lowest BCUT2D eigenvalue weighted by molar-refractivity contribution is 0.730. The molecule has 0 spiro atoms. The minimum Gasteiger partial charge on any atom is -0.342 e. The number of nitrogens with zero attached hydrogens (tertiary/aromatic N) is 3. The fourth-order valence-electron chi connectivity index (χ4n) is 1.52. The van der Waals surface area contributed by atoms with E-state index < -0.39 is 0 Å². The molecule has 0 bridgehead atoms. The van der Waals surface area contributed by atoms with Gasteiger partial charge in [0, 0.05) is 12.6 Å². The first-order valence-corrected chi connectivity index (χ1v) is 5.26. The summed E-state index contributed by atoms with van der Waals surface area (Å²) in [7, 11) is 0. The maximum absolute atomic E-state index is 6.03. The van der Waals surface area contributed by atoms with E-state index in [1.54, 1.807) is 16.8 Å². The summed E-state index contributed by atoms with van der Waals surface area (Å²) in [5.41, 5.74) is 1.75. The first-order valence-electron chi connectivity index (χ1n) is 3.94. The molecule has 1 aromatic heterocycles. The second kappa shape index (κ2) is 3.18. The molecule has 2 heterocycles. The van der Waals surface area contributed by atoms with E-state index >= 15 is 0 Å². The molecular formula is C7H10ClN3S. The topological polar surface area (TPSA) is 29.0 Å². The van der Waals surface area contributed by atoms with Gasteiger partial charge in [-0.3, -0.25) is 0 Å². The Balaban J connectivity index is 2.15. The van der Waals surface area contributed by atoms with Gasteiger partial charge in [-0.2, -0.15) is 0 Å². The Morgan fingerprint density at radius 3 is 3.08 bits per heavy atom. The number of halogens is 1. The molecule has 3 nitrogen and oxygen atoms in total. The van der Waals surface area contributed by atoms with Crippen LogP contribution in [0.25, 0.3) is 0 Å². The van der Waals surface area contributed by atoms with Crippen molar-refractivity contribution in [3.63, 3.8) is 0 Å². The smallest absolute Gasteiger partial charge is 0.208 e. The molecule has 0 radical (unpaired) electrons. The zero-order valence-electron chi connectivity index (χ0n) is 6.77. The van der Waals surface area contributed by atoms with E-state index in [-0.39, 0.29) is 5.38 Å². The fourth-order valence-corrected chi connectivity index (χ4v) is 2.60. The Bertz CT molecular complexity index is 251. The quantitative estimate of drug-likeness (QED) is 0.652. The van der Waals surface area contributed by atoms with Crippen LogP contribution in [0.2, 0.25) is 0 Å². The summed E-state index contributed by atoms with van der Waals surface area (Å²) in [4.78, 5) is 2.22. The third-order valence-electron chi connectivity index (χ3n) is 2.12. The summed E-state index contributed by atoms with van der Waals surface area (Å²) in [6, 6.07) is 0.500. The maximum Gasteiger partial charge on any atom is 0.208 e. The molecule has 66 valence electrons. The SMILES string of the molecule is CC1CC(Cl)CN1c1nncs1. The summed E-state index contributed by atoms with van der Waals surface area (Å²) < 4.78 is 0. The van der Waals surface area contributed by atoms with Crippen molar-refractivity contribution in [2.45, 2.75) is 24.8 Å². The van der Waals surface area contributed by atoms with Gasteiger partial charge < -0.3 is 4.90 Å². The number of alkyl halides is 1. The third-order valence-corrected chi connectivity index (χ3v) is 3.16. The van der Waals surface area contributed by atoms with Crippen LogP contribution < -0.4 is 4.90 Å². The highest BCUT2D eigenvalue weighted by molar-refractivity contribution is 7.13. The van der Waals surface area contributed by atoms with Crippen molar-refractivity contribution in [1.82, 2.24) is 10.2 Å². The lowest BCUT2D eigenvalue weighted by Gasteiger charge is -2.18. The van der Waals surface area contributed by atoms with E-state index in [4.69, 9.17) is 11.6 Å². The third kappa shape index (κ3) is 1.41. The highest BCUT2D eigenvalue weighted by atomic mass is 35.5. The van der Waals surface area contributed by atoms with Gasteiger partial charge in [0.2, 0.25) is 5.13 Å². The van der Waals surface area contributed by atoms with Gasteiger partial charge in [-0.15, -0.1) is 21.8 Å². The Hall–Kier alpha value is -0.350. The Labute approximate surface area is 80.4 Å². The monoisotopic (exact) mass is 203 g/mol. The van der Waals surface area contributed by atoms with Crippen LogP contribution in [0.3, 0.4) is 0 Å². The molecule has 0 aliphatic carbocycles. The second-order valence-electron chi connectivity index (χ2n) is 3.06. The van der Waals surface area contributed by atoms with Crippen LogP contribution in [0.15, 0.2) is 5.51 Å². The van der Waals surface area contributed by atoms with Crippen molar-refractivity contribution >= 4 is 28.1 Å². The Morgan fingerprint density at radius 2 is 2.58 bits per heavy atom. The van der Waals surface area contributed by atoms with Gasteiger partial charge in [-0.05, 0) is 13.3 Å². The lowest BCUT2D eigenvalue weighted by atomic mass is 10.2. The van der Waals surface area contributed by atoms with Gasteiger partial charge in [0.05, 0.1) is 5.38 Å². The molecule has 1 saturated heterocycles. The van der Waals surface area contributed by atoms with Crippen LogP contribution >= 0.6 is 22.9 Å². The molecule has 2 rings (SSSR count). The van der Waals surface area contributed by atoms with Crippen molar-refractivity contribution in [1.29, 1.82) is 0 Å². The zero-order chi connectivity index (χ0) is 8.55. The number of hydrogen-bond acceptors (Lipinski definition) is 4. The molecule has 12 heavy (non-hydrogen) atoms. The summed E-state index contributed by atoms with van der Waals surface area (Å²) in [6.07, 6.45) is 1.04. The van der Waals surface area contributed by atoms with Crippen LogP contribution in [-0.2, 0) is 0 Å². The molecule has 0 aromatic carbocycles. The molecule has 5 heteroatoms. The van der Waals surface area contributed by atoms with Gasteiger partial charge in [0.25, 0.3) is 0 Å². The van der Waals surface area contributed by atoms with Gasteiger partial charge in [-0.1, -0.05) is 11.3 Å². The number of anilines is 1. The largest absolute Gasteiger partial charge is 0.342 e. The molecule has 1 aliphatic rings. The van der Waals surface area contributed by atoms with Crippen molar-refractivity contribution in [3.8, 4) is 0 Å². The molecule has 1 aromatic rings. The zero-order valence-corrected chi connectivity index (χ0v) is 8.35. The fraction of sp³-hybridized carbons (Fsp3) is 0.714. The summed E-state index contributed by atoms with van der Waals surface area (Å²) >= 11 is 7.60. The van der Waals surface area contributed by atoms with Crippen LogP contribution in [0.1, 0.15) is 13.3 Å². The predicted molar refractivity (Wildman–Crippen MR) is 51.0 cm³/mol. The molecule has 0 saturated carbocycles. The van der Waals surface area contributed by atoms with Crippen molar-refractivity contribution in [2.24, 2.45) is 0 Å². The minimum absolute atomic E-state index is 0.267. The number of rotatable bonds is 1. The molecule has 2 atom stereocenters. The molecule has 0 N–H and O–H groups in total. The molecule has 0 amide bonds. The van der Waals surface area contributed by atoms with E-state index in [0.717, 1.165) is 18.1 Å². The van der Waals surface area contributed by atoms with E-state index in [2.05, 4.69) is 22.0 Å². The van der Waals surface area contributed by atoms with Gasteiger partial charge in [0.15, 0.2) is 0 Å². The van der Waals surface area contributed by atoms with E-state index in [1.807, 2.05) is 0 Å². The highest BCUT2D eigenvalue weighted by Crippen LogP contribution is 2.28. The summed E-state index contributed by atoms with van der Waals surface area (Å²) in [5, 5.41) is 9.09. The maximum atomic E-state index is 6.03. The standard InChI is InChI=1S/C7H10ClN3S/c1-5-2-6(8)3-11(5)7-10-9-4-12-7/h4-6H,2-3H2,1H3. The van der Waals surface area contributed by atoms with Gasteiger partial charge >= 0.3 is 0 Å². The van der Waals surface area contributed by atoms with E-state index in [0.29, 0.717) is 6.04 Å². The lowest BCUT2D eigenvalue weighted by Crippen LogP contribution is -2.26. The molecular weight excluding hydrogens is 194 g/mol. The minimum atomic E-state index is 0.267. The summed E-state index contributed by atoms with van der Waals surface area (Å²) in [6.45, 7) is 3.07. The number of aromatic nitrogens is 2. The van der Waals surface area contributed by atoms with Crippen LogP contribution in [-0.4, -0.2) is 28.2 Å². The first-order chi connectivity index (χ1) is 5.77. The van der Waals surface area contributed by atoms with Crippen LogP contribution in [0, 0.1) is 0 Å². The van der Waals surface area contributed by atoms with E-state index in [9.17, 15) is 0 Å². The average Bonchev–Trinajstić information content (AvgIpc) is 2.58. The van der Waals surface area contributed by atoms with Crippen LogP contribution in [0.4, 0.5) is 5.13 Å². The normalized spacial score (nSPS) is 29.7. The molecule has 2 unspecified atom stereocenters. The van der Waals surface area contributed by atoms with Crippen molar-refractivity contribution in [2.75, 3.05) is 11.4 Å². The number of hydrogen-bond donors (Lipinski definition) is 0. The van der Waals surface area contributed by atoms with Crippen LogP contribution in [0.5, 0.6) is 0 Å². The van der Waals surface area contributed by atoms with Gasteiger partial charge in [0.1, 0.15) is 5.51 Å².